The van der Waals surface area contributed by atoms with Crippen molar-refractivity contribution >= 4 is 17.5 Å². The largest absolute Gasteiger partial charge is 0.340 e. The molecule has 5 heteroatoms. The van der Waals surface area contributed by atoms with Crippen LogP contribution in [0, 0.1) is 11.7 Å². The number of hydrogen-bond donors (Lipinski definition) is 2. The molecule has 148 valence electrons. The van der Waals surface area contributed by atoms with Crippen LogP contribution in [0.15, 0.2) is 78.9 Å². The summed E-state index contributed by atoms with van der Waals surface area (Å²) in [5.74, 6) is -1.76. The fourth-order valence-corrected chi connectivity index (χ4v) is 3.00. The van der Waals surface area contributed by atoms with Crippen molar-refractivity contribution in [2.24, 2.45) is 5.92 Å². The van der Waals surface area contributed by atoms with Crippen LogP contribution in [0.3, 0.4) is 0 Å². The lowest BCUT2D eigenvalue weighted by Gasteiger charge is -2.22. The fourth-order valence-electron chi connectivity index (χ4n) is 3.00. The van der Waals surface area contributed by atoms with Gasteiger partial charge in [0.25, 0.3) is 5.91 Å². The van der Waals surface area contributed by atoms with Gasteiger partial charge in [-0.3, -0.25) is 9.59 Å². The molecule has 3 rings (SSSR count). The minimum Gasteiger partial charge on any atom is -0.340 e. The molecule has 0 aliphatic rings. The lowest BCUT2D eigenvalue weighted by Crippen LogP contribution is -2.47. The van der Waals surface area contributed by atoms with Gasteiger partial charge in [0.1, 0.15) is 11.9 Å². The lowest BCUT2D eigenvalue weighted by atomic mass is 10.0. The first-order valence-electron chi connectivity index (χ1n) is 9.47. The van der Waals surface area contributed by atoms with Crippen molar-refractivity contribution < 1.29 is 14.0 Å². The molecule has 0 spiro atoms. The summed E-state index contributed by atoms with van der Waals surface area (Å²) in [4.78, 5) is 25.1. The number of halogens is 1. The van der Waals surface area contributed by atoms with Crippen molar-refractivity contribution in [2.75, 3.05) is 5.32 Å². The molecular formula is C24H23FN2O2. The normalized spacial score (nSPS) is 11.7. The van der Waals surface area contributed by atoms with Gasteiger partial charge in [-0.2, -0.15) is 0 Å². The zero-order valence-electron chi connectivity index (χ0n) is 16.4. The number of nitrogens with one attached hydrogen (secondary N) is 2. The van der Waals surface area contributed by atoms with Gasteiger partial charge in [-0.15, -0.1) is 0 Å². The Bertz CT molecular complexity index is 985. The predicted octanol–water partition coefficient (Wildman–Crippen LogP) is 4.89. The maximum Gasteiger partial charge on any atom is 0.254 e. The Labute approximate surface area is 169 Å². The van der Waals surface area contributed by atoms with Gasteiger partial charge in [0.05, 0.1) is 5.56 Å². The summed E-state index contributed by atoms with van der Waals surface area (Å²) in [5.41, 5.74) is 2.66. The summed E-state index contributed by atoms with van der Waals surface area (Å²) in [6.45, 7) is 3.65. The monoisotopic (exact) mass is 390 g/mol. The van der Waals surface area contributed by atoms with Gasteiger partial charge in [0, 0.05) is 5.69 Å². The molecule has 2 N–H and O–H groups in total. The SMILES string of the molecule is CC(C)[C@H](NC(=O)c1ccccc1F)C(=O)Nc1ccc(-c2ccccc2)cc1. The molecular weight excluding hydrogens is 367 g/mol. The molecule has 0 saturated carbocycles. The Morgan fingerprint density at radius 2 is 1.38 bits per heavy atom. The number of carbonyl (C=O) groups is 2. The van der Waals surface area contributed by atoms with Gasteiger partial charge in [0.15, 0.2) is 0 Å². The van der Waals surface area contributed by atoms with E-state index in [9.17, 15) is 14.0 Å². The molecule has 0 aliphatic heterocycles. The first kappa shape index (κ1) is 20.3. The van der Waals surface area contributed by atoms with Crippen LogP contribution in [0.5, 0.6) is 0 Å². The highest BCUT2D eigenvalue weighted by molar-refractivity contribution is 6.01. The van der Waals surface area contributed by atoms with Crippen LogP contribution in [-0.4, -0.2) is 17.9 Å². The molecule has 0 aromatic heterocycles. The summed E-state index contributed by atoms with van der Waals surface area (Å²) >= 11 is 0. The van der Waals surface area contributed by atoms with Crippen LogP contribution in [0.2, 0.25) is 0 Å². The molecule has 0 bridgehead atoms. The van der Waals surface area contributed by atoms with Crippen LogP contribution in [-0.2, 0) is 4.79 Å². The first-order valence-corrected chi connectivity index (χ1v) is 9.47. The molecule has 29 heavy (non-hydrogen) atoms. The second-order valence-corrected chi connectivity index (χ2v) is 7.11. The summed E-state index contributed by atoms with van der Waals surface area (Å²) < 4.78 is 13.9. The quantitative estimate of drug-likeness (QED) is 0.630. The maximum atomic E-state index is 13.9. The van der Waals surface area contributed by atoms with E-state index in [0.29, 0.717) is 5.69 Å². The zero-order valence-corrected chi connectivity index (χ0v) is 16.4. The molecule has 2 amide bonds. The molecule has 0 fully saturated rings. The van der Waals surface area contributed by atoms with Gasteiger partial charge in [-0.25, -0.2) is 4.39 Å². The van der Waals surface area contributed by atoms with E-state index in [2.05, 4.69) is 10.6 Å². The molecule has 4 nitrogen and oxygen atoms in total. The molecule has 3 aromatic carbocycles. The van der Waals surface area contributed by atoms with Gasteiger partial charge in [0.2, 0.25) is 5.91 Å². The van der Waals surface area contributed by atoms with Crippen molar-refractivity contribution in [1.82, 2.24) is 5.32 Å². The Hall–Kier alpha value is -3.47. The van der Waals surface area contributed by atoms with Crippen molar-refractivity contribution in [1.29, 1.82) is 0 Å². The summed E-state index contributed by atoms with van der Waals surface area (Å²) in [7, 11) is 0. The van der Waals surface area contributed by atoms with E-state index in [-0.39, 0.29) is 17.4 Å². The fraction of sp³-hybridized carbons (Fsp3) is 0.167. The van der Waals surface area contributed by atoms with Gasteiger partial charge in [-0.1, -0.05) is 68.4 Å². The number of hydrogen-bond acceptors (Lipinski definition) is 2. The molecule has 0 unspecified atom stereocenters. The first-order chi connectivity index (χ1) is 14.0. The molecule has 3 aromatic rings. The van der Waals surface area contributed by atoms with Crippen molar-refractivity contribution in [3.8, 4) is 11.1 Å². The highest BCUT2D eigenvalue weighted by atomic mass is 19.1. The smallest absolute Gasteiger partial charge is 0.254 e. The average molecular weight is 390 g/mol. The maximum absolute atomic E-state index is 13.9. The Morgan fingerprint density at radius 1 is 0.793 bits per heavy atom. The number of anilines is 1. The molecule has 0 heterocycles. The highest BCUT2D eigenvalue weighted by Crippen LogP contribution is 2.21. The number of carbonyl (C=O) groups excluding carboxylic acids is 2. The second-order valence-electron chi connectivity index (χ2n) is 7.11. The van der Waals surface area contributed by atoms with Crippen LogP contribution < -0.4 is 10.6 Å². The Balaban J connectivity index is 1.70. The van der Waals surface area contributed by atoms with Crippen LogP contribution >= 0.6 is 0 Å². The second kappa shape index (κ2) is 9.15. The molecule has 1 atom stereocenters. The molecule has 0 radical (unpaired) electrons. The van der Waals surface area contributed by atoms with Crippen LogP contribution in [0.25, 0.3) is 11.1 Å². The van der Waals surface area contributed by atoms with Crippen LogP contribution in [0.1, 0.15) is 24.2 Å². The van der Waals surface area contributed by atoms with E-state index < -0.39 is 17.8 Å². The topological polar surface area (TPSA) is 58.2 Å². The van der Waals surface area contributed by atoms with E-state index in [1.54, 1.807) is 6.07 Å². The summed E-state index contributed by atoms with van der Waals surface area (Å²) in [6, 6.07) is 22.3. The van der Waals surface area contributed by atoms with Crippen molar-refractivity contribution in [3.63, 3.8) is 0 Å². The lowest BCUT2D eigenvalue weighted by molar-refractivity contribution is -0.118. The van der Waals surface area contributed by atoms with E-state index >= 15 is 0 Å². The van der Waals surface area contributed by atoms with E-state index in [1.165, 1.54) is 18.2 Å². The van der Waals surface area contributed by atoms with E-state index in [1.807, 2.05) is 68.4 Å². The Morgan fingerprint density at radius 3 is 2.00 bits per heavy atom. The Kier molecular flexibility index (Phi) is 6.39. The minimum atomic E-state index is -0.795. The standard InChI is InChI=1S/C24H23FN2O2/c1-16(2)22(27-23(28)20-10-6-7-11-21(20)25)24(29)26-19-14-12-18(13-15-19)17-8-4-3-5-9-17/h3-16,22H,1-2H3,(H,26,29)(H,27,28)/t22-/m0/s1. The van der Waals surface area contributed by atoms with E-state index in [0.717, 1.165) is 11.1 Å². The average Bonchev–Trinajstić information content (AvgIpc) is 2.73. The van der Waals surface area contributed by atoms with Gasteiger partial charge < -0.3 is 10.6 Å². The highest BCUT2D eigenvalue weighted by Gasteiger charge is 2.25. The third-order valence-corrected chi connectivity index (χ3v) is 4.61. The zero-order chi connectivity index (χ0) is 20.8. The minimum absolute atomic E-state index is 0.0850. The third kappa shape index (κ3) is 5.08. The number of rotatable bonds is 6. The third-order valence-electron chi connectivity index (χ3n) is 4.61. The van der Waals surface area contributed by atoms with Gasteiger partial charge >= 0.3 is 0 Å². The number of benzene rings is 3. The summed E-state index contributed by atoms with van der Waals surface area (Å²) in [5, 5.41) is 5.47. The molecule has 0 aliphatic carbocycles. The van der Waals surface area contributed by atoms with Gasteiger partial charge in [-0.05, 0) is 41.3 Å². The predicted molar refractivity (Wildman–Crippen MR) is 113 cm³/mol. The number of amides is 2. The molecule has 0 saturated heterocycles. The summed E-state index contributed by atoms with van der Waals surface area (Å²) in [6.07, 6.45) is 0. The van der Waals surface area contributed by atoms with Crippen LogP contribution in [0.4, 0.5) is 10.1 Å². The van der Waals surface area contributed by atoms with Crippen molar-refractivity contribution in [3.05, 3.63) is 90.2 Å². The van der Waals surface area contributed by atoms with Crippen molar-refractivity contribution in [2.45, 2.75) is 19.9 Å². The van der Waals surface area contributed by atoms with E-state index in [4.69, 9.17) is 0 Å².